The van der Waals surface area contributed by atoms with Crippen molar-refractivity contribution < 1.29 is 19.4 Å². The van der Waals surface area contributed by atoms with Crippen LogP contribution in [0.2, 0.25) is 0 Å². The lowest BCUT2D eigenvalue weighted by Gasteiger charge is -2.47. The molecule has 0 spiro atoms. The van der Waals surface area contributed by atoms with Crippen molar-refractivity contribution in [3.8, 4) is 0 Å². The Morgan fingerprint density at radius 2 is 2.24 bits per heavy atom. The van der Waals surface area contributed by atoms with Gasteiger partial charge in [-0.3, -0.25) is 4.90 Å². The summed E-state index contributed by atoms with van der Waals surface area (Å²) in [5.41, 5.74) is 0.107. The molecule has 94 valence electrons. The van der Waals surface area contributed by atoms with Crippen molar-refractivity contribution >= 4 is 17.3 Å². The van der Waals surface area contributed by atoms with Crippen LogP contribution in [-0.4, -0.2) is 54.1 Å². The standard InChI is InChI=1S/C10H14N2O4S/c1-15-10(16-2)5-12(6-10)3-8-11-7(4-17-8)9(13)14/h4H,3,5-6H2,1-2H3,(H,13,14). The van der Waals surface area contributed by atoms with E-state index >= 15 is 0 Å². The van der Waals surface area contributed by atoms with Crippen LogP contribution in [0, 0.1) is 0 Å². The molecule has 0 bridgehead atoms. The number of methoxy groups -OCH3 is 2. The lowest BCUT2D eigenvalue weighted by atomic mass is 10.1. The van der Waals surface area contributed by atoms with Gasteiger partial charge >= 0.3 is 5.97 Å². The average Bonchev–Trinajstić information content (AvgIpc) is 2.71. The Balaban J connectivity index is 1.89. The third-order valence-electron chi connectivity index (χ3n) is 2.80. The van der Waals surface area contributed by atoms with Crippen molar-refractivity contribution in [2.75, 3.05) is 27.3 Å². The molecule has 2 rings (SSSR count). The quantitative estimate of drug-likeness (QED) is 0.782. The first-order valence-corrected chi connectivity index (χ1v) is 5.97. The molecule has 7 heteroatoms. The Hall–Kier alpha value is -1.02. The van der Waals surface area contributed by atoms with Gasteiger partial charge in [0.1, 0.15) is 5.01 Å². The molecule has 0 saturated carbocycles. The molecule has 0 atom stereocenters. The Bertz CT molecular complexity index is 408. The van der Waals surface area contributed by atoms with E-state index in [9.17, 15) is 4.79 Å². The van der Waals surface area contributed by atoms with Crippen LogP contribution < -0.4 is 0 Å². The molecule has 1 N–H and O–H groups in total. The summed E-state index contributed by atoms with van der Waals surface area (Å²) < 4.78 is 10.5. The first-order chi connectivity index (χ1) is 8.08. The number of ether oxygens (including phenoxy) is 2. The summed E-state index contributed by atoms with van der Waals surface area (Å²) >= 11 is 1.36. The van der Waals surface area contributed by atoms with E-state index < -0.39 is 11.8 Å². The van der Waals surface area contributed by atoms with Crippen molar-refractivity contribution in [1.29, 1.82) is 0 Å². The summed E-state index contributed by atoms with van der Waals surface area (Å²) in [5, 5.41) is 11.1. The molecular weight excluding hydrogens is 244 g/mol. The van der Waals surface area contributed by atoms with E-state index in [1.165, 1.54) is 11.3 Å². The first kappa shape index (κ1) is 12.4. The monoisotopic (exact) mass is 258 g/mol. The van der Waals surface area contributed by atoms with Crippen LogP contribution in [0.1, 0.15) is 15.5 Å². The predicted octanol–water partition coefficient (Wildman–Crippen LogP) is 0.646. The highest BCUT2D eigenvalue weighted by atomic mass is 32.1. The second kappa shape index (κ2) is 4.69. The summed E-state index contributed by atoms with van der Waals surface area (Å²) in [5.74, 6) is -1.49. The zero-order chi connectivity index (χ0) is 12.5. The van der Waals surface area contributed by atoms with Gasteiger partial charge in [0.15, 0.2) is 11.5 Å². The molecular formula is C10H14N2O4S. The number of aromatic carboxylic acids is 1. The number of thiazole rings is 1. The summed E-state index contributed by atoms with van der Waals surface area (Å²) in [6.45, 7) is 1.97. The van der Waals surface area contributed by atoms with Crippen LogP contribution in [0.15, 0.2) is 5.38 Å². The minimum absolute atomic E-state index is 0.107. The average molecular weight is 258 g/mol. The minimum atomic E-state index is -0.987. The number of nitrogens with zero attached hydrogens (tertiary/aromatic N) is 2. The normalized spacial score (nSPS) is 18.9. The lowest BCUT2D eigenvalue weighted by molar-refractivity contribution is -0.277. The van der Waals surface area contributed by atoms with Gasteiger partial charge in [-0.2, -0.15) is 0 Å². The van der Waals surface area contributed by atoms with Crippen molar-refractivity contribution in [2.24, 2.45) is 0 Å². The predicted molar refractivity (Wildman–Crippen MR) is 61.1 cm³/mol. The number of aromatic nitrogens is 1. The van der Waals surface area contributed by atoms with Crippen molar-refractivity contribution in [3.63, 3.8) is 0 Å². The highest BCUT2D eigenvalue weighted by Gasteiger charge is 2.43. The van der Waals surface area contributed by atoms with E-state index in [1.54, 1.807) is 19.6 Å². The third kappa shape index (κ3) is 2.47. The first-order valence-electron chi connectivity index (χ1n) is 5.09. The van der Waals surface area contributed by atoms with Crippen LogP contribution >= 0.6 is 11.3 Å². The molecule has 1 aromatic rings. The number of hydrogen-bond donors (Lipinski definition) is 1. The van der Waals surface area contributed by atoms with Gasteiger partial charge in [-0.15, -0.1) is 11.3 Å². The minimum Gasteiger partial charge on any atom is -0.476 e. The van der Waals surface area contributed by atoms with Crippen LogP contribution in [0.25, 0.3) is 0 Å². The maximum atomic E-state index is 10.7. The highest BCUT2D eigenvalue weighted by Crippen LogP contribution is 2.27. The molecule has 1 fully saturated rings. The van der Waals surface area contributed by atoms with Crippen molar-refractivity contribution in [1.82, 2.24) is 9.88 Å². The number of rotatable bonds is 5. The third-order valence-corrected chi connectivity index (χ3v) is 3.64. The molecule has 17 heavy (non-hydrogen) atoms. The van der Waals surface area contributed by atoms with Gasteiger partial charge in [0.05, 0.1) is 19.6 Å². The smallest absolute Gasteiger partial charge is 0.355 e. The summed E-state index contributed by atoms with van der Waals surface area (Å²) in [7, 11) is 3.24. The Kier molecular flexibility index (Phi) is 3.43. The van der Waals surface area contributed by atoms with Gasteiger partial charge in [0.25, 0.3) is 0 Å². The van der Waals surface area contributed by atoms with Crippen molar-refractivity contribution in [3.05, 3.63) is 16.1 Å². The topological polar surface area (TPSA) is 71.9 Å². The van der Waals surface area contributed by atoms with Gasteiger partial charge in [0, 0.05) is 19.6 Å². The fourth-order valence-corrected chi connectivity index (χ4v) is 2.57. The Morgan fingerprint density at radius 1 is 1.59 bits per heavy atom. The number of carboxylic acids is 1. The number of hydrogen-bond acceptors (Lipinski definition) is 6. The zero-order valence-electron chi connectivity index (χ0n) is 9.67. The second-order valence-corrected chi connectivity index (χ2v) is 4.84. The van der Waals surface area contributed by atoms with Gasteiger partial charge in [-0.25, -0.2) is 9.78 Å². The molecule has 2 heterocycles. The SMILES string of the molecule is COC1(OC)CN(Cc2nc(C(=O)O)cs2)C1. The van der Waals surface area contributed by atoms with Crippen molar-refractivity contribution in [2.45, 2.75) is 12.3 Å². The van der Waals surface area contributed by atoms with Crippen LogP contribution in [0.3, 0.4) is 0 Å². The highest BCUT2D eigenvalue weighted by molar-refractivity contribution is 7.09. The molecule has 1 saturated heterocycles. The number of likely N-dealkylation sites (tertiary alicyclic amines) is 1. The largest absolute Gasteiger partial charge is 0.476 e. The summed E-state index contributed by atoms with van der Waals surface area (Å²) in [6, 6.07) is 0. The van der Waals surface area contributed by atoms with E-state index in [0.717, 1.165) is 5.01 Å². The Labute approximate surface area is 103 Å². The van der Waals surface area contributed by atoms with Gasteiger partial charge in [-0.1, -0.05) is 0 Å². The second-order valence-electron chi connectivity index (χ2n) is 3.90. The molecule has 0 radical (unpaired) electrons. The lowest BCUT2D eigenvalue weighted by Crippen LogP contribution is -2.63. The number of carbonyl (C=O) groups is 1. The molecule has 0 aliphatic carbocycles. The molecule has 0 aromatic carbocycles. The van der Waals surface area contributed by atoms with E-state index in [2.05, 4.69) is 9.88 Å². The molecule has 1 aliphatic heterocycles. The molecule has 1 aliphatic rings. The number of carboxylic acid groups (broad SMARTS) is 1. The van der Waals surface area contributed by atoms with E-state index in [1.807, 2.05) is 0 Å². The summed E-state index contributed by atoms with van der Waals surface area (Å²) in [4.78, 5) is 16.8. The van der Waals surface area contributed by atoms with Crippen LogP contribution in [-0.2, 0) is 16.0 Å². The van der Waals surface area contributed by atoms with E-state index in [-0.39, 0.29) is 5.69 Å². The van der Waals surface area contributed by atoms with Gasteiger partial charge < -0.3 is 14.6 Å². The maximum Gasteiger partial charge on any atom is 0.355 e. The molecule has 1 aromatic heterocycles. The summed E-state index contributed by atoms with van der Waals surface area (Å²) in [6.07, 6.45) is 0. The van der Waals surface area contributed by atoms with Gasteiger partial charge in [-0.05, 0) is 0 Å². The van der Waals surface area contributed by atoms with Crippen LogP contribution in [0.5, 0.6) is 0 Å². The Morgan fingerprint density at radius 3 is 2.71 bits per heavy atom. The maximum absolute atomic E-state index is 10.7. The fourth-order valence-electron chi connectivity index (χ4n) is 1.76. The molecule has 0 amide bonds. The molecule has 0 unspecified atom stereocenters. The van der Waals surface area contributed by atoms with Crippen LogP contribution in [0.4, 0.5) is 0 Å². The fraction of sp³-hybridized carbons (Fsp3) is 0.600. The van der Waals surface area contributed by atoms with E-state index in [0.29, 0.717) is 19.6 Å². The van der Waals surface area contributed by atoms with E-state index in [4.69, 9.17) is 14.6 Å². The van der Waals surface area contributed by atoms with Gasteiger partial charge in [0.2, 0.25) is 0 Å². The molecule has 6 nitrogen and oxygen atoms in total. The zero-order valence-corrected chi connectivity index (χ0v) is 10.5.